The molecule has 2 aromatic carbocycles. The minimum atomic E-state index is -0.730. The minimum Gasteiger partial charge on any atom is -0.351 e. The number of urea groups is 1. The van der Waals surface area contributed by atoms with E-state index in [2.05, 4.69) is 5.32 Å². The van der Waals surface area contributed by atoms with Crippen LogP contribution >= 0.6 is 11.6 Å². The molecule has 0 bridgehead atoms. The van der Waals surface area contributed by atoms with Crippen LogP contribution in [-0.2, 0) is 0 Å². The van der Waals surface area contributed by atoms with Crippen molar-refractivity contribution >= 4 is 29.1 Å². The molecule has 0 aromatic heterocycles. The van der Waals surface area contributed by atoms with Crippen molar-refractivity contribution in [3.8, 4) is 0 Å². The SMILES string of the molecule is NC(=O)Nc1cccc(C(=O)c2ccccc2)c1Cl. The van der Waals surface area contributed by atoms with Gasteiger partial charge in [-0.1, -0.05) is 48.0 Å². The molecule has 2 amide bonds. The number of benzene rings is 2. The van der Waals surface area contributed by atoms with E-state index in [1.807, 2.05) is 6.07 Å². The second kappa shape index (κ2) is 5.54. The van der Waals surface area contributed by atoms with Crippen LogP contribution in [0.5, 0.6) is 0 Å². The summed E-state index contributed by atoms with van der Waals surface area (Å²) < 4.78 is 0. The van der Waals surface area contributed by atoms with Gasteiger partial charge in [0.15, 0.2) is 5.78 Å². The number of rotatable bonds is 3. The summed E-state index contributed by atoms with van der Waals surface area (Å²) in [5.74, 6) is -0.210. The van der Waals surface area contributed by atoms with Crippen molar-refractivity contribution in [1.29, 1.82) is 0 Å². The van der Waals surface area contributed by atoms with Gasteiger partial charge in [-0.2, -0.15) is 0 Å². The number of carbonyl (C=O) groups is 2. The van der Waals surface area contributed by atoms with Crippen molar-refractivity contribution in [2.45, 2.75) is 0 Å². The van der Waals surface area contributed by atoms with Crippen LogP contribution in [-0.4, -0.2) is 11.8 Å². The molecule has 0 fully saturated rings. The third-order valence-corrected chi connectivity index (χ3v) is 2.94. The van der Waals surface area contributed by atoms with E-state index in [1.54, 1.807) is 42.5 Å². The van der Waals surface area contributed by atoms with E-state index in [0.29, 0.717) is 16.8 Å². The van der Waals surface area contributed by atoms with Gasteiger partial charge >= 0.3 is 6.03 Å². The Morgan fingerprint density at radius 1 is 1.00 bits per heavy atom. The number of anilines is 1. The zero-order valence-electron chi connectivity index (χ0n) is 9.89. The number of amides is 2. The number of primary amides is 1. The molecule has 0 radical (unpaired) electrons. The first kappa shape index (κ1) is 13.1. The molecular weight excluding hydrogens is 264 g/mol. The van der Waals surface area contributed by atoms with Gasteiger partial charge in [-0.15, -0.1) is 0 Å². The summed E-state index contributed by atoms with van der Waals surface area (Å²) in [4.78, 5) is 23.1. The highest BCUT2D eigenvalue weighted by atomic mass is 35.5. The van der Waals surface area contributed by atoms with Gasteiger partial charge in [-0.05, 0) is 12.1 Å². The van der Waals surface area contributed by atoms with Crippen molar-refractivity contribution in [2.75, 3.05) is 5.32 Å². The van der Waals surface area contributed by atoms with Crippen LogP contribution in [0.4, 0.5) is 10.5 Å². The fraction of sp³-hybridized carbons (Fsp3) is 0. The average Bonchev–Trinajstić information content (AvgIpc) is 2.41. The lowest BCUT2D eigenvalue weighted by molar-refractivity contribution is 0.103. The molecule has 0 atom stereocenters. The van der Waals surface area contributed by atoms with Gasteiger partial charge < -0.3 is 11.1 Å². The Balaban J connectivity index is 2.41. The highest BCUT2D eigenvalue weighted by molar-refractivity contribution is 6.37. The molecular formula is C14H11ClN2O2. The van der Waals surface area contributed by atoms with Crippen LogP contribution in [0, 0.1) is 0 Å². The highest BCUT2D eigenvalue weighted by Gasteiger charge is 2.15. The molecule has 2 aromatic rings. The number of carbonyl (C=O) groups excluding carboxylic acids is 2. The molecule has 3 N–H and O–H groups in total. The van der Waals surface area contributed by atoms with Crippen LogP contribution in [0.25, 0.3) is 0 Å². The smallest absolute Gasteiger partial charge is 0.316 e. The normalized spacial score (nSPS) is 9.95. The lowest BCUT2D eigenvalue weighted by Gasteiger charge is -2.09. The number of nitrogens with two attached hydrogens (primary N) is 1. The Bertz CT molecular complexity index is 627. The van der Waals surface area contributed by atoms with E-state index in [9.17, 15) is 9.59 Å². The zero-order chi connectivity index (χ0) is 13.8. The third kappa shape index (κ3) is 2.92. The Labute approximate surface area is 115 Å². The largest absolute Gasteiger partial charge is 0.351 e. The lowest BCUT2D eigenvalue weighted by Crippen LogP contribution is -2.20. The summed E-state index contributed by atoms with van der Waals surface area (Å²) in [5, 5.41) is 2.55. The molecule has 4 nitrogen and oxygen atoms in total. The monoisotopic (exact) mass is 274 g/mol. The van der Waals surface area contributed by atoms with Crippen LogP contribution in [0.15, 0.2) is 48.5 Å². The Hall–Kier alpha value is -2.33. The number of halogens is 1. The zero-order valence-corrected chi connectivity index (χ0v) is 10.6. The molecule has 0 saturated carbocycles. The third-order valence-electron chi connectivity index (χ3n) is 2.54. The van der Waals surface area contributed by atoms with Gasteiger partial charge in [0.1, 0.15) is 0 Å². The van der Waals surface area contributed by atoms with Crippen molar-refractivity contribution in [2.24, 2.45) is 5.73 Å². The first-order chi connectivity index (χ1) is 9.09. The van der Waals surface area contributed by atoms with Crippen LogP contribution in [0.3, 0.4) is 0 Å². The van der Waals surface area contributed by atoms with E-state index in [4.69, 9.17) is 17.3 Å². The number of hydrogen-bond acceptors (Lipinski definition) is 2. The molecule has 19 heavy (non-hydrogen) atoms. The maximum atomic E-state index is 12.3. The first-order valence-electron chi connectivity index (χ1n) is 5.54. The molecule has 2 rings (SSSR count). The van der Waals surface area contributed by atoms with Crippen molar-refractivity contribution in [1.82, 2.24) is 0 Å². The van der Waals surface area contributed by atoms with Crippen molar-refractivity contribution in [3.63, 3.8) is 0 Å². The quantitative estimate of drug-likeness (QED) is 0.844. The second-order valence-electron chi connectivity index (χ2n) is 3.85. The minimum absolute atomic E-state index is 0.176. The number of hydrogen-bond donors (Lipinski definition) is 2. The summed E-state index contributed by atoms with van der Waals surface area (Å²) in [6.45, 7) is 0. The fourth-order valence-corrected chi connectivity index (χ4v) is 1.94. The number of nitrogens with one attached hydrogen (secondary N) is 1. The summed E-state index contributed by atoms with van der Waals surface area (Å²) >= 11 is 6.11. The lowest BCUT2D eigenvalue weighted by atomic mass is 10.0. The van der Waals surface area contributed by atoms with Crippen LogP contribution in [0.2, 0.25) is 5.02 Å². The van der Waals surface area contributed by atoms with E-state index in [1.165, 1.54) is 0 Å². The summed E-state index contributed by atoms with van der Waals surface area (Å²) in [6, 6.07) is 12.8. The Morgan fingerprint density at radius 3 is 2.32 bits per heavy atom. The van der Waals surface area contributed by atoms with E-state index >= 15 is 0 Å². The molecule has 0 spiro atoms. The van der Waals surface area contributed by atoms with Gasteiger partial charge in [0.2, 0.25) is 0 Å². The average molecular weight is 275 g/mol. The topological polar surface area (TPSA) is 72.2 Å². The van der Waals surface area contributed by atoms with E-state index in [0.717, 1.165) is 0 Å². The molecule has 96 valence electrons. The molecule has 0 aliphatic rings. The fourth-order valence-electron chi connectivity index (χ4n) is 1.68. The summed E-state index contributed by atoms with van der Waals surface area (Å²) in [7, 11) is 0. The first-order valence-corrected chi connectivity index (χ1v) is 5.92. The highest BCUT2D eigenvalue weighted by Crippen LogP contribution is 2.27. The maximum absolute atomic E-state index is 12.3. The van der Waals surface area contributed by atoms with Crippen molar-refractivity contribution < 1.29 is 9.59 Å². The van der Waals surface area contributed by atoms with Gasteiger partial charge in [-0.3, -0.25) is 4.79 Å². The predicted octanol–water partition coefficient (Wildman–Crippen LogP) is 3.06. The Kier molecular flexibility index (Phi) is 3.82. The predicted molar refractivity (Wildman–Crippen MR) is 74.5 cm³/mol. The standard InChI is InChI=1S/C14H11ClN2O2/c15-12-10(7-4-8-11(12)17-14(16)19)13(18)9-5-2-1-3-6-9/h1-8H,(H3,16,17,19). The van der Waals surface area contributed by atoms with E-state index in [-0.39, 0.29) is 10.8 Å². The van der Waals surface area contributed by atoms with Gasteiger partial charge in [0.05, 0.1) is 10.7 Å². The maximum Gasteiger partial charge on any atom is 0.316 e. The van der Waals surface area contributed by atoms with Crippen LogP contribution in [0.1, 0.15) is 15.9 Å². The van der Waals surface area contributed by atoms with Gasteiger partial charge in [0.25, 0.3) is 0 Å². The second-order valence-corrected chi connectivity index (χ2v) is 4.23. The van der Waals surface area contributed by atoms with Gasteiger partial charge in [-0.25, -0.2) is 4.79 Å². The molecule has 0 heterocycles. The summed E-state index contributed by atoms with van der Waals surface area (Å²) in [5.41, 5.74) is 6.20. The molecule has 0 unspecified atom stereocenters. The Morgan fingerprint density at radius 2 is 1.68 bits per heavy atom. The van der Waals surface area contributed by atoms with E-state index < -0.39 is 6.03 Å². The molecule has 0 aliphatic heterocycles. The molecule has 5 heteroatoms. The summed E-state index contributed by atoms with van der Waals surface area (Å²) in [6.07, 6.45) is 0. The number of ketones is 1. The molecule has 0 aliphatic carbocycles. The van der Waals surface area contributed by atoms with Gasteiger partial charge in [0, 0.05) is 11.1 Å². The molecule has 0 saturated heterocycles. The van der Waals surface area contributed by atoms with Crippen LogP contribution < -0.4 is 11.1 Å². The van der Waals surface area contributed by atoms with Crippen molar-refractivity contribution in [3.05, 3.63) is 64.7 Å².